The Labute approximate surface area is 107 Å². The molecule has 0 spiro atoms. The Morgan fingerprint density at radius 3 is 2.42 bits per heavy atom. The molecule has 0 heterocycles. The molecule has 0 amide bonds. The van der Waals surface area contributed by atoms with Gasteiger partial charge in [-0.3, -0.25) is 0 Å². The van der Waals surface area contributed by atoms with Crippen molar-refractivity contribution in [3.8, 4) is 0 Å². The third-order valence-electron chi connectivity index (χ3n) is 2.04. The second-order valence-electron chi connectivity index (χ2n) is 3.43. The number of carbonyl (C=O) groups excluding carboxylic acids is 1. The second-order valence-corrected chi connectivity index (χ2v) is 5.16. The molecule has 0 fully saturated rings. The molecule has 0 saturated carbocycles. The van der Waals surface area contributed by atoms with Crippen molar-refractivity contribution in [2.45, 2.75) is 11.1 Å². The summed E-state index contributed by atoms with van der Waals surface area (Å²) in [6.45, 7) is -1.72. The molecular weight excluding hydrogens is 287 g/mol. The molecule has 5 nitrogen and oxygen atoms in total. The van der Waals surface area contributed by atoms with E-state index in [2.05, 4.69) is 4.74 Å². The first kappa shape index (κ1) is 15.4. The largest absolute Gasteiger partial charge is 0.465 e. The molecule has 0 bridgehead atoms. The Hall–Kier alpha value is -1.61. The molecule has 0 unspecified atom stereocenters. The highest BCUT2D eigenvalue weighted by molar-refractivity contribution is 7.89. The van der Waals surface area contributed by atoms with Gasteiger partial charge in [0, 0.05) is 0 Å². The maximum absolute atomic E-state index is 12.0. The van der Waals surface area contributed by atoms with E-state index in [4.69, 9.17) is 0 Å². The van der Waals surface area contributed by atoms with Crippen LogP contribution in [0.4, 0.5) is 13.2 Å². The Kier molecular flexibility index (Phi) is 4.53. The van der Waals surface area contributed by atoms with Crippen LogP contribution >= 0.6 is 0 Å². The minimum Gasteiger partial charge on any atom is -0.465 e. The van der Waals surface area contributed by atoms with E-state index in [0.717, 1.165) is 19.2 Å². The molecule has 106 valence electrons. The SMILES string of the molecule is COC(=O)c1ccccc1S(=O)(=O)NCC(F)(F)F. The predicted octanol–water partition coefficient (Wildman–Crippen LogP) is 1.31. The summed E-state index contributed by atoms with van der Waals surface area (Å²) in [4.78, 5) is 10.8. The summed E-state index contributed by atoms with van der Waals surface area (Å²) in [6.07, 6.45) is -4.69. The van der Waals surface area contributed by atoms with E-state index in [9.17, 15) is 26.4 Å². The molecule has 19 heavy (non-hydrogen) atoms. The molecule has 0 aliphatic carbocycles. The van der Waals surface area contributed by atoms with E-state index < -0.39 is 33.6 Å². The number of carbonyl (C=O) groups is 1. The normalized spacial score (nSPS) is 12.2. The Balaban J connectivity index is 3.12. The van der Waals surface area contributed by atoms with Gasteiger partial charge in [0.25, 0.3) is 0 Å². The van der Waals surface area contributed by atoms with Gasteiger partial charge in [0.15, 0.2) is 0 Å². The summed E-state index contributed by atoms with van der Waals surface area (Å²) in [7, 11) is -3.41. The van der Waals surface area contributed by atoms with Gasteiger partial charge >= 0.3 is 12.1 Å². The van der Waals surface area contributed by atoms with E-state index >= 15 is 0 Å². The van der Waals surface area contributed by atoms with Gasteiger partial charge in [-0.2, -0.15) is 13.2 Å². The van der Waals surface area contributed by atoms with Crippen LogP contribution in [0.1, 0.15) is 10.4 Å². The van der Waals surface area contributed by atoms with E-state index in [0.29, 0.717) is 0 Å². The minimum atomic E-state index is -4.69. The molecule has 0 aromatic heterocycles. The number of alkyl halides is 3. The lowest BCUT2D eigenvalue weighted by Crippen LogP contribution is -2.34. The number of benzene rings is 1. The van der Waals surface area contributed by atoms with Gasteiger partial charge in [-0.15, -0.1) is 0 Å². The Morgan fingerprint density at radius 2 is 1.89 bits per heavy atom. The van der Waals surface area contributed by atoms with Crippen molar-refractivity contribution in [1.82, 2.24) is 4.72 Å². The first-order valence-corrected chi connectivity index (χ1v) is 6.39. The van der Waals surface area contributed by atoms with E-state index in [1.807, 2.05) is 0 Å². The van der Waals surface area contributed by atoms with Gasteiger partial charge in [0.2, 0.25) is 10.0 Å². The van der Waals surface area contributed by atoms with Crippen molar-refractivity contribution in [2.24, 2.45) is 0 Å². The van der Waals surface area contributed by atoms with E-state index in [1.54, 1.807) is 0 Å². The van der Waals surface area contributed by atoms with Crippen molar-refractivity contribution < 1.29 is 31.1 Å². The lowest BCUT2D eigenvalue weighted by Gasteiger charge is -2.11. The van der Waals surface area contributed by atoms with Crippen molar-refractivity contribution in [2.75, 3.05) is 13.7 Å². The van der Waals surface area contributed by atoms with Crippen LogP contribution in [0.25, 0.3) is 0 Å². The molecule has 0 aliphatic rings. The molecular formula is C10H10F3NO4S. The average molecular weight is 297 g/mol. The van der Waals surface area contributed by atoms with Crippen LogP contribution in [-0.4, -0.2) is 34.2 Å². The maximum Gasteiger partial charge on any atom is 0.402 e. The number of ether oxygens (including phenoxy) is 1. The fourth-order valence-electron chi connectivity index (χ4n) is 1.23. The van der Waals surface area contributed by atoms with Gasteiger partial charge in [-0.05, 0) is 12.1 Å². The summed E-state index contributed by atoms with van der Waals surface area (Å²) in [5.41, 5.74) is -0.334. The minimum absolute atomic E-state index is 0.334. The van der Waals surface area contributed by atoms with Gasteiger partial charge in [-0.1, -0.05) is 12.1 Å². The zero-order chi connectivity index (χ0) is 14.7. The maximum atomic E-state index is 12.0. The lowest BCUT2D eigenvalue weighted by atomic mass is 10.2. The van der Waals surface area contributed by atoms with Crippen molar-refractivity contribution in [3.63, 3.8) is 0 Å². The Bertz CT molecular complexity index is 568. The fourth-order valence-corrected chi connectivity index (χ4v) is 2.44. The third kappa shape index (κ3) is 4.21. The number of halogens is 3. The standard InChI is InChI=1S/C10H10F3NO4S/c1-18-9(15)7-4-2-3-5-8(7)19(16,17)14-6-10(11,12)13/h2-5,14H,6H2,1H3. The summed E-state index contributed by atoms with van der Waals surface area (Å²) < 4.78 is 65.2. The number of nitrogens with one attached hydrogen (secondary N) is 1. The van der Waals surface area contributed by atoms with Gasteiger partial charge in [0.1, 0.15) is 6.54 Å². The van der Waals surface area contributed by atoms with E-state index in [1.165, 1.54) is 16.9 Å². The van der Waals surface area contributed by atoms with Crippen LogP contribution < -0.4 is 4.72 Å². The van der Waals surface area contributed by atoms with Crippen LogP contribution in [0.5, 0.6) is 0 Å². The number of methoxy groups -OCH3 is 1. The molecule has 1 aromatic rings. The first-order valence-electron chi connectivity index (χ1n) is 4.91. The average Bonchev–Trinajstić information content (AvgIpc) is 2.35. The number of hydrogen-bond acceptors (Lipinski definition) is 4. The number of esters is 1. The monoisotopic (exact) mass is 297 g/mol. The summed E-state index contributed by atoms with van der Waals surface area (Å²) in [5.74, 6) is -0.951. The summed E-state index contributed by atoms with van der Waals surface area (Å²) in [5, 5.41) is 0. The van der Waals surface area contributed by atoms with Crippen LogP contribution in [0.15, 0.2) is 29.2 Å². The molecule has 1 N–H and O–H groups in total. The van der Waals surface area contributed by atoms with Crippen molar-refractivity contribution in [3.05, 3.63) is 29.8 Å². The van der Waals surface area contributed by atoms with Gasteiger partial charge < -0.3 is 4.74 Å². The smallest absolute Gasteiger partial charge is 0.402 e. The highest BCUT2D eigenvalue weighted by Gasteiger charge is 2.31. The molecule has 0 atom stereocenters. The van der Waals surface area contributed by atoms with Crippen molar-refractivity contribution >= 4 is 16.0 Å². The van der Waals surface area contributed by atoms with E-state index in [-0.39, 0.29) is 5.56 Å². The molecule has 1 aromatic carbocycles. The molecule has 1 rings (SSSR count). The zero-order valence-corrected chi connectivity index (χ0v) is 10.5. The molecule has 0 aliphatic heterocycles. The number of rotatable bonds is 4. The quantitative estimate of drug-likeness (QED) is 0.851. The van der Waals surface area contributed by atoms with Crippen LogP contribution in [0, 0.1) is 0 Å². The highest BCUT2D eigenvalue weighted by atomic mass is 32.2. The topological polar surface area (TPSA) is 72.5 Å². The first-order chi connectivity index (χ1) is 8.67. The molecule has 9 heteroatoms. The van der Waals surface area contributed by atoms with Gasteiger partial charge in [0.05, 0.1) is 17.6 Å². The van der Waals surface area contributed by atoms with Crippen LogP contribution in [0.3, 0.4) is 0 Å². The predicted molar refractivity (Wildman–Crippen MR) is 59.0 cm³/mol. The fraction of sp³-hybridized carbons (Fsp3) is 0.300. The molecule has 0 radical (unpaired) electrons. The molecule has 0 saturated heterocycles. The summed E-state index contributed by atoms with van der Waals surface area (Å²) >= 11 is 0. The zero-order valence-electron chi connectivity index (χ0n) is 9.69. The van der Waals surface area contributed by atoms with Crippen molar-refractivity contribution in [1.29, 1.82) is 0 Å². The van der Waals surface area contributed by atoms with Gasteiger partial charge in [-0.25, -0.2) is 17.9 Å². The number of hydrogen-bond donors (Lipinski definition) is 1. The summed E-state index contributed by atoms with van der Waals surface area (Å²) in [6, 6.07) is 4.82. The third-order valence-corrected chi connectivity index (χ3v) is 3.50. The lowest BCUT2D eigenvalue weighted by molar-refractivity contribution is -0.121. The van der Waals surface area contributed by atoms with Crippen LogP contribution in [0.2, 0.25) is 0 Å². The number of sulfonamides is 1. The Morgan fingerprint density at radius 1 is 1.32 bits per heavy atom. The second kappa shape index (κ2) is 5.57. The highest BCUT2D eigenvalue weighted by Crippen LogP contribution is 2.18. The van der Waals surface area contributed by atoms with Crippen LogP contribution in [-0.2, 0) is 14.8 Å².